The fraction of sp³-hybridized carbons (Fsp3) is 0.833. The lowest BCUT2D eigenvalue weighted by atomic mass is 10.1. The standard InChI is InChI=1S/C6H11NO3S/c1-11(9,10)4-5-2-7-3-6(5)8/h5,7H,2-4H2,1H3. The topological polar surface area (TPSA) is 63.2 Å². The van der Waals surface area contributed by atoms with Crippen molar-refractivity contribution < 1.29 is 13.2 Å². The fourth-order valence-electron chi connectivity index (χ4n) is 1.15. The van der Waals surface area contributed by atoms with E-state index in [9.17, 15) is 13.2 Å². The lowest BCUT2D eigenvalue weighted by Crippen LogP contribution is -2.21. The molecule has 1 fully saturated rings. The molecule has 1 aliphatic heterocycles. The molecule has 5 heteroatoms. The van der Waals surface area contributed by atoms with Gasteiger partial charge in [0.05, 0.1) is 12.3 Å². The molecule has 0 bridgehead atoms. The molecule has 1 aliphatic rings. The van der Waals surface area contributed by atoms with Crippen molar-refractivity contribution in [3.63, 3.8) is 0 Å². The van der Waals surface area contributed by atoms with Crippen LogP contribution < -0.4 is 5.32 Å². The first kappa shape index (κ1) is 8.67. The van der Waals surface area contributed by atoms with Gasteiger partial charge in [-0.3, -0.25) is 4.79 Å². The van der Waals surface area contributed by atoms with Crippen LogP contribution in [0, 0.1) is 5.92 Å². The van der Waals surface area contributed by atoms with Crippen LogP contribution in [-0.2, 0) is 14.6 Å². The Hall–Kier alpha value is -0.420. The zero-order valence-electron chi connectivity index (χ0n) is 6.33. The van der Waals surface area contributed by atoms with Gasteiger partial charge in [0.1, 0.15) is 9.84 Å². The molecular weight excluding hydrogens is 166 g/mol. The van der Waals surface area contributed by atoms with Crippen LogP contribution in [0.15, 0.2) is 0 Å². The van der Waals surface area contributed by atoms with Gasteiger partial charge in [-0.15, -0.1) is 0 Å². The molecular formula is C6H11NO3S. The number of Topliss-reactive ketones (excluding diaryl/α,β-unsaturated/α-hetero) is 1. The van der Waals surface area contributed by atoms with Gasteiger partial charge in [0.15, 0.2) is 5.78 Å². The average Bonchev–Trinajstić information content (AvgIpc) is 2.12. The molecule has 0 radical (unpaired) electrons. The Morgan fingerprint density at radius 1 is 1.64 bits per heavy atom. The first-order valence-electron chi connectivity index (χ1n) is 3.40. The summed E-state index contributed by atoms with van der Waals surface area (Å²) in [5.74, 6) is -0.320. The van der Waals surface area contributed by atoms with Gasteiger partial charge >= 0.3 is 0 Å². The van der Waals surface area contributed by atoms with Crippen molar-refractivity contribution in [2.75, 3.05) is 25.1 Å². The van der Waals surface area contributed by atoms with E-state index in [1.807, 2.05) is 0 Å². The summed E-state index contributed by atoms with van der Waals surface area (Å²) in [5, 5.41) is 2.83. The Balaban J connectivity index is 2.57. The van der Waals surface area contributed by atoms with E-state index in [2.05, 4.69) is 5.32 Å². The number of nitrogens with one attached hydrogen (secondary N) is 1. The maximum absolute atomic E-state index is 10.9. The largest absolute Gasteiger partial charge is 0.309 e. The van der Waals surface area contributed by atoms with Crippen molar-refractivity contribution in [3.05, 3.63) is 0 Å². The van der Waals surface area contributed by atoms with Gasteiger partial charge in [0, 0.05) is 18.7 Å². The van der Waals surface area contributed by atoms with Crippen molar-refractivity contribution in [3.8, 4) is 0 Å². The van der Waals surface area contributed by atoms with Crippen LogP contribution >= 0.6 is 0 Å². The second-order valence-electron chi connectivity index (χ2n) is 2.89. The minimum Gasteiger partial charge on any atom is -0.309 e. The van der Waals surface area contributed by atoms with E-state index in [4.69, 9.17) is 0 Å². The van der Waals surface area contributed by atoms with E-state index in [1.54, 1.807) is 0 Å². The SMILES string of the molecule is CS(=O)(=O)CC1CNCC1=O. The summed E-state index contributed by atoms with van der Waals surface area (Å²) in [6, 6.07) is 0. The lowest BCUT2D eigenvalue weighted by molar-refractivity contribution is -0.118. The molecule has 0 aliphatic carbocycles. The highest BCUT2D eigenvalue weighted by Gasteiger charge is 2.26. The summed E-state index contributed by atoms with van der Waals surface area (Å²) < 4.78 is 21.5. The van der Waals surface area contributed by atoms with Crippen LogP contribution in [0.2, 0.25) is 0 Å². The van der Waals surface area contributed by atoms with Crippen molar-refractivity contribution in [2.24, 2.45) is 5.92 Å². The number of ketones is 1. The van der Waals surface area contributed by atoms with Crippen molar-refractivity contribution in [2.45, 2.75) is 0 Å². The summed E-state index contributed by atoms with van der Waals surface area (Å²) in [6.07, 6.45) is 1.15. The summed E-state index contributed by atoms with van der Waals surface area (Å²) >= 11 is 0. The van der Waals surface area contributed by atoms with Gasteiger partial charge in [-0.1, -0.05) is 0 Å². The molecule has 1 heterocycles. The van der Waals surface area contributed by atoms with Gasteiger partial charge in [-0.2, -0.15) is 0 Å². The second-order valence-corrected chi connectivity index (χ2v) is 5.07. The minimum absolute atomic E-state index is 0.00965. The minimum atomic E-state index is -3.00. The molecule has 1 saturated heterocycles. The molecule has 11 heavy (non-hydrogen) atoms. The monoisotopic (exact) mass is 177 g/mol. The normalized spacial score (nSPS) is 25.9. The van der Waals surface area contributed by atoms with Gasteiger partial charge < -0.3 is 5.32 Å². The van der Waals surface area contributed by atoms with Gasteiger partial charge in [-0.25, -0.2) is 8.42 Å². The Bertz CT molecular complexity index is 257. The molecule has 1 unspecified atom stereocenters. The predicted octanol–water partition coefficient (Wildman–Crippen LogP) is -1.18. The first-order chi connectivity index (χ1) is 4.99. The van der Waals surface area contributed by atoms with Gasteiger partial charge in [-0.05, 0) is 0 Å². The number of carbonyl (C=O) groups is 1. The van der Waals surface area contributed by atoms with Crippen molar-refractivity contribution >= 4 is 15.6 Å². The molecule has 0 aromatic rings. The Kier molecular flexibility index (Phi) is 2.29. The summed E-state index contributed by atoms with van der Waals surface area (Å²) in [7, 11) is -3.00. The van der Waals surface area contributed by atoms with E-state index in [0.29, 0.717) is 13.1 Å². The number of hydrogen-bond donors (Lipinski definition) is 1. The number of sulfone groups is 1. The van der Waals surface area contributed by atoms with Crippen LogP contribution in [0.3, 0.4) is 0 Å². The van der Waals surface area contributed by atoms with Crippen LogP contribution in [0.1, 0.15) is 0 Å². The van der Waals surface area contributed by atoms with E-state index >= 15 is 0 Å². The molecule has 4 nitrogen and oxygen atoms in total. The van der Waals surface area contributed by atoms with Gasteiger partial charge in [0.2, 0.25) is 0 Å². The average molecular weight is 177 g/mol. The highest BCUT2D eigenvalue weighted by molar-refractivity contribution is 7.90. The quantitative estimate of drug-likeness (QED) is 0.576. The molecule has 0 amide bonds. The van der Waals surface area contributed by atoms with Crippen LogP contribution in [0.5, 0.6) is 0 Å². The molecule has 0 spiro atoms. The Morgan fingerprint density at radius 2 is 2.27 bits per heavy atom. The molecule has 1 atom stereocenters. The zero-order valence-corrected chi connectivity index (χ0v) is 7.15. The first-order valence-corrected chi connectivity index (χ1v) is 5.46. The third-order valence-corrected chi connectivity index (χ3v) is 2.66. The summed E-state index contributed by atoms with van der Waals surface area (Å²) in [5.41, 5.74) is 0. The van der Waals surface area contributed by atoms with Crippen molar-refractivity contribution in [1.82, 2.24) is 5.32 Å². The number of rotatable bonds is 2. The molecule has 0 aromatic heterocycles. The third-order valence-electron chi connectivity index (χ3n) is 1.65. The second kappa shape index (κ2) is 2.91. The Morgan fingerprint density at radius 3 is 2.64 bits per heavy atom. The Labute approximate surface area is 65.9 Å². The van der Waals surface area contributed by atoms with E-state index in [-0.39, 0.29) is 17.5 Å². The van der Waals surface area contributed by atoms with Crippen molar-refractivity contribution in [1.29, 1.82) is 0 Å². The highest BCUT2D eigenvalue weighted by atomic mass is 32.2. The van der Waals surface area contributed by atoms with E-state index in [1.165, 1.54) is 0 Å². The molecule has 0 saturated carbocycles. The predicted molar refractivity (Wildman–Crippen MR) is 41.1 cm³/mol. The third kappa shape index (κ3) is 2.59. The number of carbonyl (C=O) groups excluding carboxylic acids is 1. The fourth-order valence-corrected chi connectivity index (χ4v) is 2.18. The zero-order chi connectivity index (χ0) is 8.48. The summed E-state index contributed by atoms with van der Waals surface area (Å²) in [4.78, 5) is 10.9. The lowest BCUT2D eigenvalue weighted by Gasteiger charge is -2.02. The summed E-state index contributed by atoms with van der Waals surface area (Å²) in [6.45, 7) is 0.825. The maximum Gasteiger partial charge on any atom is 0.151 e. The van der Waals surface area contributed by atoms with E-state index in [0.717, 1.165) is 6.26 Å². The van der Waals surface area contributed by atoms with E-state index < -0.39 is 9.84 Å². The molecule has 1 N–H and O–H groups in total. The molecule has 0 aromatic carbocycles. The van der Waals surface area contributed by atoms with Crippen LogP contribution in [0.25, 0.3) is 0 Å². The highest BCUT2D eigenvalue weighted by Crippen LogP contribution is 2.05. The van der Waals surface area contributed by atoms with Crippen LogP contribution in [-0.4, -0.2) is 39.3 Å². The molecule has 1 rings (SSSR count). The molecule has 64 valence electrons. The maximum atomic E-state index is 10.9. The number of hydrogen-bond acceptors (Lipinski definition) is 4. The van der Waals surface area contributed by atoms with Gasteiger partial charge in [0.25, 0.3) is 0 Å². The van der Waals surface area contributed by atoms with Crippen LogP contribution in [0.4, 0.5) is 0 Å². The smallest absolute Gasteiger partial charge is 0.151 e.